The van der Waals surface area contributed by atoms with Crippen LogP contribution >= 0.6 is 57.5 Å². The fraction of sp³-hybridized carbons (Fsp3) is 0.455. The Morgan fingerprint density at radius 1 is 0.407 bits per heavy atom. The molecule has 30 nitrogen and oxygen atoms in total. The molecule has 0 unspecified atom stereocenters. The summed E-state index contributed by atoms with van der Waals surface area (Å²) in [4.78, 5) is 134. The minimum absolute atomic E-state index is 0.0155. The van der Waals surface area contributed by atoms with E-state index in [-0.39, 0.29) is 88.6 Å². The van der Waals surface area contributed by atoms with Crippen molar-refractivity contribution in [3.8, 4) is 43.7 Å². The summed E-state index contributed by atoms with van der Waals surface area (Å²) in [5.74, 6) is 0.986. The number of nitrogens with two attached hydrogens (primary N) is 1. The number of amides is 3. The summed E-state index contributed by atoms with van der Waals surface area (Å²) in [6.45, 7) is 41.1. The monoisotopic (exact) mass is 1790 g/mol. The summed E-state index contributed by atoms with van der Waals surface area (Å²) in [7, 11) is 0. The van der Waals surface area contributed by atoms with Gasteiger partial charge < -0.3 is 44.3 Å². The summed E-state index contributed by atoms with van der Waals surface area (Å²) in [6, 6.07) is 26.0. The molecule has 0 aliphatic carbocycles. The Balaban J connectivity index is 0.000000256. The number of carbonyl (C=O) groups is 8. The minimum atomic E-state index is -0.738. The van der Waals surface area contributed by atoms with Crippen LogP contribution in [0.25, 0.3) is 55.0 Å². The molecule has 0 saturated carbocycles. The molecule has 3 amide bonds. The first-order chi connectivity index (χ1) is 59.0. The topological polar surface area (TPSA) is 360 Å². The number of anilines is 4. The molecule has 4 atom stereocenters. The molecule has 664 valence electrons. The number of aromatic nitrogens is 10. The van der Waals surface area contributed by atoms with Gasteiger partial charge in [0.25, 0.3) is 0 Å². The van der Waals surface area contributed by atoms with Gasteiger partial charge in [0, 0.05) is 96.1 Å². The molecular weight excluding hydrogens is 1670 g/mol. The Morgan fingerprint density at radius 2 is 0.715 bits per heavy atom. The number of pyridine rings is 4. The SMILES string of the molecule is CCN(CC)[C@@H](C)CCC(=O)c1cc(N)nc(Cl)c1.CCOC(=O)Cl.CCOC(=O)Nc1cc(C(=O)CC[C@H](C)N(CC)CC)cc(-c2cnn3ccc(-c4cccs4)nc23)n1.CCOC(=O)Nc1cc(C(=O)CC[C@H](C)N(CC)CC)cc(-c2cnn3ccc(-c4cccs4)nc23)n1.CCOC(=O)Nc1cc(C(=O)CC[C@H](C)N(CC)CC)cc(Cl)n1. The zero-order valence-corrected chi connectivity index (χ0v) is 77.1. The van der Waals surface area contributed by atoms with Crippen molar-refractivity contribution in [2.75, 3.05) is 100 Å². The van der Waals surface area contributed by atoms with Crippen LogP contribution in [0, 0.1) is 0 Å². The van der Waals surface area contributed by atoms with Crippen molar-refractivity contribution in [3.63, 3.8) is 0 Å². The van der Waals surface area contributed by atoms with Crippen LogP contribution in [-0.2, 0) is 18.9 Å². The van der Waals surface area contributed by atoms with Crippen molar-refractivity contribution in [2.45, 2.75) is 186 Å². The number of thiophene rings is 2. The van der Waals surface area contributed by atoms with E-state index in [1.165, 1.54) is 12.1 Å². The average molecular weight is 1790 g/mol. The maximum Gasteiger partial charge on any atom is 0.412 e. The first kappa shape index (κ1) is 102. The summed E-state index contributed by atoms with van der Waals surface area (Å²) >= 11 is 19.7. The molecule has 0 saturated heterocycles. The summed E-state index contributed by atoms with van der Waals surface area (Å²) < 4.78 is 22.4. The van der Waals surface area contributed by atoms with Crippen molar-refractivity contribution in [2.24, 2.45) is 0 Å². The number of rotatable bonds is 39. The van der Waals surface area contributed by atoms with E-state index in [2.05, 4.69) is 154 Å². The van der Waals surface area contributed by atoms with Gasteiger partial charge in [-0.3, -0.25) is 35.1 Å². The van der Waals surface area contributed by atoms with E-state index in [0.717, 1.165) is 99.2 Å². The Hall–Kier alpha value is -10.3. The Bertz CT molecular complexity index is 4790. The van der Waals surface area contributed by atoms with Gasteiger partial charge in [0.15, 0.2) is 34.4 Å². The van der Waals surface area contributed by atoms with E-state index < -0.39 is 23.7 Å². The maximum atomic E-state index is 13.3. The highest BCUT2D eigenvalue weighted by Gasteiger charge is 2.24. The largest absolute Gasteiger partial charge is 0.454 e. The Labute approximate surface area is 743 Å². The van der Waals surface area contributed by atoms with Gasteiger partial charge in [0.2, 0.25) is 0 Å². The quantitative estimate of drug-likeness (QED) is 0.0120. The molecule has 0 aliphatic rings. The summed E-state index contributed by atoms with van der Waals surface area (Å²) in [5, 5.41) is 21.0. The van der Waals surface area contributed by atoms with Gasteiger partial charge in [-0.15, -0.1) is 22.7 Å². The highest BCUT2D eigenvalue weighted by Crippen LogP contribution is 2.32. The second-order valence-corrected chi connectivity index (χ2v) is 31.0. The molecule has 10 aromatic rings. The third-order valence-electron chi connectivity index (χ3n) is 20.1. The first-order valence-corrected chi connectivity index (χ1v) is 44.6. The number of halogens is 3. The molecule has 0 bridgehead atoms. The second kappa shape index (κ2) is 53.0. The summed E-state index contributed by atoms with van der Waals surface area (Å²) in [6.07, 6.45) is 9.92. The first-order valence-electron chi connectivity index (χ1n) is 41.7. The van der Waals surface area contributed by atoms with E-state index in [9.17, 15) is 38.4 Å². The third-order valence-corrected chi connectivity index (χ3v) is 22.3. The van der Waals surface area contributed by atoms with Crippen molar-refractivity contribution < 1.29 is 57.3 Å². The smallest absolute Gasteiger partial charge is 0.412 e. The number of nitrogens with one attached hydrogen (secondary N) is 3. The van der Waals surface area contributed by atoms with Crippen molar-refractivity contribution in [1.29, 1.82) is 0 Å². The number of nitrogens with zero attached hydrogens (tertiary/aromatic N) is 14. The fourth-order valence-corrected chi connectivity index (χ4v) is 15.3. The number of carbonyl (C=O) groups excluding carboxylic acids is 8. The van der Waals surface area contributed by atoms with Crippen LogP contribution in [0.5, 0.6) is 0 Å². The lowest BCUT2D eigenvalue weighted by molar-refractivity contribution is 0.0957. The number of hydrogen-bond donors (Lipinski definition) is 4. The fourth-order valence-electron chi connectivity index (χ4n) is 13.4. The molecule has 0 radical (unpaired) electrons. The van der Waals surface area contributed by atoms with Crippen molar-refractivity contribution in [3.05, 3.63) is 153 Å². The highest BCUT2D eigenvalue weighted by molar-refractivity contribution is 7.13. The van der Waals surface area contributed by atoms with Crippen LogP contribution in [-0.4, -0.2) is 219 Å². The van der Waals surface area contributed by atoms with Crippen molar-refractivity contribution in [1.82, 2.24) is 68.7 Å². The van der Waals surface area contributed by atoms with Crippen molar-refractivity contribution >= 4 is 139 Å². The van der Waals surface area contributed by atoms with Crippen LogP contribution in [0.3, 0.4) is 0 Å². The van der Waals surface area contributed by atoms with E-state index in [1.54, 1.807) is 108 Å². The normalized spacial score (nSPS) is 12.0. The van der Waals surface area contributed by atoms with Crippen LogP contribution in [0.15, 0.2) is 120 Å². The number of hydrogen-bond acceptors (Lipinski definition) is 27. The Morgan fingerprint density at radius 3 is 1.00 bits per heavy atom. The van der Waals surface area contributed by atoms with E-state index in [1.807, 2.05) is 59.6 Å². The molecule has 35 heteroatoms. The molecule has 10 aromatic heterocycles. The Kier molecular flexibility index (Phi) is 43.8. The van der Waals surface area contributed by atoms with Gasteiger partial charge in [0.1, 0.15) is 33.6 Å². The lowest BCUT2D eigenvalue weighted by Gasteiger charge is -2.26. The molecule has 0 fully saturated rings. The predicted octanol–water partition coefficient (Wildman–Crippen LogP) is 20.0. The number of ketones is 4. The molecule has 0 aromatic carbocycles. The highest BCUT2D eigenvalue weighted by atomic mass is 35.5. The number of Topliss-reactive ketones (excluding diaryl/α,β-unsaturated/α-hetero) is 4. The zero-order chi connectivity index (χ0) is 90.2. The van der Waals surface area contributed by atoms with Crippen LogP contribution in [0.2, 0.25) is 10.3 Å². The zero-order valence-electron chi connectivity index (χ0n) is 73.2. The third kappa shape index (κ3) is 32.4. The summed E-state index contributed by atoms with van der Waals surface area (Å²) in [5.41, 5.74) is 12.0. The molecule has 0 aliphatic heterocycles. The van der Waals surface area contributed by atoms with E-state index >= 15 is 0 Å². The lowest BCUT2D eigenvalue weighted by atomic mass is 10.0. The lowest BCUT2D eigenvalue weighted by Crippen LogP contribution is -2.33. The van der Waals surface area contributed by atoms with Crippen LogP contribution in [0.1, 0.15) is 204 Å². The molecule has 10 heterocycles. The maximum absolute atomic E-state index is 13.3. The number of nitrogen functional groups attached to an aromatic ring is 1. The van der Waals surface area contributed by atoms with Gasteiger partial charge in [-0.1, -0.05) is 90.7 Å². The molecular formula is C88H117Cl3N18O12S2. The minimum Gasteiger partial charge on any atom is -0.454 e. The van der Waals surface area contributed by atoms with E-state index in [0.29, 0.717) is 100 Å². The van der Waals surface area contributed by atoms with Crippen LogP contribution < -0.4 is 21.7 Å². The molecule has 123 heavy (non-hydrogen) atoms. The molecule has 10 rings (SSSR count). The number of ether oxygens (including phenoxy) is 4. The standard InChI is InChI=1S/2C27H32N6O3S.C17H26ClN3O3.C14H22ClN3O.C3H5ClO2/c2*1-5-32(6-2)18(4)10-11-23(34)19-15-22(29-25(16-19)31-27(35)36-7-3)20-17-28-33-13-12-21(30-26(20)33)24-9-8-14-37-24;1-5-21(6-2)12(4)8-9-14(22)13-10-15(18)19-16(11-13)20-17(23)24-7-3;1-4-18(5-2)10(3)6-7-12(19)11-8-13(15)17-14(16)9-11;1-2-6-3(4)5/h2*8-9,12-18H,5-7,10-11H2,1-4H3,(H,29,31,35);10-12H,5-9H2,1-4H3,(H,19,20,23);8-10H,4-7H2,1-3H3,(H2,16,17);2H2,1H3/t2*18-;12-;10-;/m0000./s1. The molecule has 0 spiro atoms. The van der Waals surface area contributed by atoms with Gasteiger partial charge in [-0.2, -0.15) is 10.2 Å². The van der Waals surface area contributed by atoms with Gasteiger partial charge in [-0.05, 0) is 217 Å². The second-order valence-electron chi connectivity index (χ2n) is 28.0. The molecule has 5 N–H and O–H groups in total. The van der Waals surface area contributed by atoms with Gasteiger partial charge >= 0.3 is 23.7 Å². The number of fused-ring (bicyclic) bond motifs is 2. The van der Waals surface area contributed by atoms with Crippen LogP contribution in [0.4, 0.5) is 42.4 Å². The van der Waals surface area contributed by atoms with E-state index in [4.69, 9.17) is 64.7 Å². The predicted molar refractivity (Wildman–Crippen MR) is 491 cm³/mol. The van der Waals surface area contributed by atoms with Gasteiger partial charge in [0.05, 0.1) is 82.5 Å². The van der Waals surface area contributed by atoms with Gasteiger partial charge in [-0.25, -0.2) is 58.1 Å². The average Bonchev–Trinajstić information content (AvgIpc) is 1.68.